The second kappa shape index (κ2) is 6.12. The number of imidazole rings is 1. The van der Waals surface area contributed by atoms with Crippen LogP contribution in [0.1, 0.15) is 0 Å². The van der Waals surface area contributed by atoms with Crippen molar-refractivity contribution in [3.63, 3.8) is 0 Å². The van der Waals surface area contributed by atoms with Gasteiger partial charge in [0, 0.05) is 39.0 Å². The van der Waals surface area contributed by atoms with Crippen LogP contribution in [0.2, 0.25) is 0 Å². The first-order valence-corrected chi connectivity index (χ1v) is 7.50. The van der Waals surface area contributed by atoms with Crippen molar-refractivity contribution in [2.24, 2.45) is 7.05 Å². The van der Waals surface area contributed by atoms with Crippen molar-refractivity contribution < 1.29 is 13.6 Å². The number of halogens is 2. The molecule has 0 fully saturated rings. The number of fused-ring (bicyclic) bond motifs is 1. The van der Waals surface area contributed by atoms with Gasteiger partial charge >= 0.3 is 5.69 Å². The summed E-state index contributed by atoms with van der Waals surface area (Å²) in [5, 5.41) is 0. The number of aryl methyl sites for hydroxylation is 1. The summed E-state index contributed by atoms with van der Waals surface area (Å²) >= 11 is 0. The molecular weight excluding hydrogens is 330 g/mol. The molecule has 0 aliphatic heterocycles. The summed E-state index contributed by atoms with van der Waals surface area (Å²) in [5.41, 5.74) is 1.17. The summed E-state index contributed by atoms with van der Waals surface area (Å²) in [7, 11) is 4.74. The molecule has 2 heterocycles. The first kappa shape index (κ1) is 16.8. The van der Waals surface area contributed by atoms with Gasteiger partial charge < -0.3 is 4.90 Å². The zero-order valence-corrected chi connectivity index (χ0v) is 14.0. The number of carbonyl (C=O) groups is 1. The molecule has 0 saturated heterocycles. The second-order valence-corrected chi connectivity index (χ2v) is 5.94. The lowest BCUT2D eigenvalue weighted by atomic mass is 10.1. The number of hydrogen-bond acceptors (Lipinski definition) is 3. The van der Waals surface area contributed by atoms with E-state index in [4.69, 9.17) is 0 Å². The van der Waals surface area contributed by atoms with Gasteiger partial charge in [0.2, 0.25) is 5.91 Å². The minimum atomic E-state index is -0.705. The molecule has 0 aliphatic rings. The highest BCUT2D eigenvalue weighted by Gasteiger charge is 2.16. The van der Waals surface area contributed by atoms with Crippen LogP contribution < -0.4 is 5.69 Å². The van der Waals surface area contributed by atoms with Crippen LogP contribution in [0.3, 0.4) is 0 Å². The van der Waals surface area contributed by atoms with Crippen molar-refractivity contribution in [2.75, 3.05) is 14.1 Å². The predicted octanol–water partition coefficient (Wildman–Crippen LogP) is 1.77. The molecular formula is C17H16F2N4O2. The van der Waals surface area contributed by atoms with Gasteiger partial charge in [-0.15, -0.1) is 0 Å². The van der Waals surface area contributed by atoms with Crippen LogP contribution in [-0.4, -0.2) is 39.0 Å². The van der Waals surface area contributed by atoms with Crippen molar-refractivity contribution in [1.82, 2.24) is 19.0 Å². The molecule has 0 atom stereocenters. The molecule has 1 aromatic carbocycles. The van der Waals surface area contributed by atoms with Crippen LogP contribution in [0.5, 0.6) is 0 Å². The Labute approximate surface area is 141 Å². The lowest BCUT2D eigenvalue weighted by molar-refractivity contribution is -0.129. The first-order chi connectivity index (χ1) is 11.8. The van der Waals surface area contributed by atoms with Crippen molar-refractivity contribution in [3.8, 4) is 11.1 Å². The molecule has 0 saturated carbocycles. The number of benzene rings is 1. The van der Waals surface area contributed by atoms with E-state index in [1.165, 1.54) is 32.4 Å². The number of aromatic nitrogens is 3. The summed E-state index contributed by atoms with van der Waals surface area (Å²) in [6.45, 7) is -0.147. The molecule has 2 aromatic heterocycles. The summed E-state index contributed by atoms with van der Waals surface area (Å²) in [6.07, 6.45) is 1.44. The standard InChI is InChI=1S/C17H16F2N4O2/c1-21(2)15(24)9-23-14-6-11(8-20-16(14)22(3)17(23)25)10-4-12(18)7-13(19)5-10/h4-8H,9H2,1-3H3. The number of rotatable bonds is 3. The van der Waals surface area contributed by atoms with Crippen molar-refractivity contribution in [2.45, 2.75) is 6.54 Å². The Kier molecular flexibility index (Phi) is 4.12. The largest absolute Gasteiger partial charge is 0.347 e. The minimum absolute atomic E-state index is 0.147. The van der Waals surface area contributed by atoms with E-state index in [-0.39, 0.29) is 18.1 Å². The zero-order valence-electron chi connectivity index (χ0n) is 14.0. The highest BCUT2D eigenvalue weighted by Crippen LogP contribution is 2.24. The maximum absolute atomic E-state index is 13.5. The van der Waals surface area contributed by atoms with E-state index in [2.05, 4.69) is 4.98 Å². The molecule has 3 rings (SSSR count). The Hall–Kier alpha value is -3.03. The van der Waals surface area contributed by atoms with E-state index in [0.29, 0.717) is 22.3 Å². The molecule has 0 unspecified atom stereocenters. The van der Waals surface area contributed by atoms with Crippen LogP contribution >= 0.6 is 0 Å². The number of amides is 1. The molecule has 6 nitrogen and oxygen atoms in total. The SMILES string of the molecule is CN(C)C(=O)Cn1c(=O)n(C)c2ncc(-c3cc(F)cc(F)c3)cc21. The Balaban J connectivity index is 2.19. The van der Waals surface area contributed by atoms with Crippen molar-refractivity contribution in [3.05, 3.63) is 52.6 Å². The average molecular weight is 346 g/mol. The van der Waals surface area contributed by atoms with E-state index in [0.717, 1.165) is 6.07 Å². The number of hydrogen-bond donors (Lipinski definition) is 0. The molecule has 0 bridgehead atoms. The van der Waals surface area contributed by atoms with Gasteiger partial charge in [0.15, 0.2) is 5.65 Å². The molecule has 25 heavy (non-hydrogen) atoms. The van der Waals surface area contributed by atoms with E-state index >= 15 is 0 Å². The molecule has 1 amide bonds. The van der Waals surface area contributed by atoms with Gasteiger partial charge in [0.25, 0.3) is 0 Å². The third kappa shape index (κ3) is 3.02. The summed E-state index contributed by atoms with van der Waals surface area (Å²) in [4.78, 5) is 30.0. The van der Waals surface area contributed by atoms with Gasteiger partial charge in [-0.2, -0.15) is 0 Å². The maximum atomic E-state index is 13.5. The fourth-order valence-electron chi connectivity index (χ4n) is 2.59. The lowest BCUT2D eigenvalue weighted by Crippen LogP contribution is -2.31. The Morgan fingerprint density at radius 1 is 1.12 bits per heavy atom. The van der Waals surface area contributed by atoms with Gasteiger partial charge in [-0.25, -0.2) is 18.6 Å². The monoisotopic (exact) mass is 346 g/mol. The van der Waals surface area contributed by atoms with E-state index in [1.54, 1.807) is 27.2 Å². The summed E-state index contributed by atoms with van der Waals surface area (Å²) in [5.74, 6) is -1.66. The minimum Gasteiger partial charge on any atom is -0.347 e. The third-order valence-corrected chi connectivity index (χ3v) is 3.96. The molecule has 8 heteroatoms. The number of nitrogens with zero attached hydrogens (tertiary/aromatic N) is 4. The zero-order chi connectivity index (χ0) is 18.3. The number of carbonyl (C=O) groups excluding carboxylic acids is 1. The van der Waals surface area contributed by atoms with Crippen LogP contribution in [0.25, 0.3) is 22.3 Å². The van der Waals surface area contributed by atoms with Crippen molar-refractivity contribution in [1.29, 1.82) is 0 Å². The van der Waals surface area contributed by atoms with E-state index < -0.39 is 11.6 Å². The van der Waals surface area contributed by atoms with Gasteiger partial charge in [-0.1, -0.05) is 0 Å². The molecule has 0 radical (unpaired) electrons. The molecule has 3 aromatic rings. The third-order valence-electron chi connectivity index (χ3n) is 3.96. The predicted molar refractivity (Wildman–Crippen MR) is 89.0 cm³/mol. The Bertz CT molecular complexity index is 1020. The number of pyridine rings is 1. The smallest absolute Gasteiger partial charge is 0.330 e. The number of likely N-dealkylation sites (N-methyl/N-ethyl adjacent to an activating group) is 1. The van der Waals surface area contributed by atoms with Gasteiger partial charge in [0.05, 0.1) is 5.52 Å². The maximum Gasteiger partial charge on any atom is 0.330 e. The van der Waals surface area contributed by atoms with Gasteiger partial charge in [-0.3, -0.25) is 13.9 Å². The Morgan fingerprint density at radius 3 is 2.36 bits per heavy atom. The first-order valence-electron chi connectivity index (χ1n) is 7.50. The highest BCUT2D eigenvalue weighted by atomic mass is 19.1. The Morgan fingerprint density at radius 2 is 1.76 bits per heavy atom. The summed E-state index contributed by atoms with van der Waals surface area (Å²) < 4.78 is 29.6. The lowest BCUT2D eigenvalue weighted by Gasteiger charge is -2.10. The molecule has 0 N–H and O–H groups in total. The van der Waals surface area contributed by atoms with Crippen molar-refractivity contribution >= 4 is 17.1 Å². The molecule has 0 aliphatic carbocycles. The quantitative estimate of drug-likeness (QED) is 0.726. The average Bonchev–Trinajstić information content (AvgIpc) is 2.78. The summed E-state index contributed by atoms with van der Waals surface area (Å²) in [6, 6.07) is 4.75. The molecule has 0 spiro atoms. The topological polar surface area (TPSA) is 60.1 Å². The fourth-order valence-corrected chi connectivity index (χ4v) is 2.59. The van der Waals surface area contributed by atoms with Crippen LogP contribution in [-0.2, 0) is 18.4 Å². The van der Waals surface area contributed by atoms with E-state index in [9.17, 15) is 18.4 Å². The molecule has 130 valence electrons. The second-order valence-electron chi connectivity index (χ2n) is 5.94. The van der Waals surface area contributed by atoms with Crippen LogP contribution in [0.4, 0.5) is 8.78 Å². The fraction of sp³-hybridized carbons (Fsp3) is 0.235. The van der Waals surface area contributed by atoms with Gasteiger partial charge in [-0.05, 0) is 23.8 Å². The van der Waals surface area contributed by atoms with Crippen LogP contribution in [0.15, 0.2) is 35.3 Å². The van der Waals surface area contributed by atoms with Crippen LogP contribution in [0, 0.1) is 11.6 Å². The highest BCUT2D eigenvalue weighted by molar-refractivity contribution is 5.82. The van der Waals surface area contributed by atoms with E-state index in [1.807, 2.05) is 0 Å². The normalized spacial score (nSPS) is 11.1. The van der Waals surface area contributed by atoms with Gasteiger partial charge in [0.1, 0.15) is 18.2 Å².